The molecule has 1 aromatic rings. The van der Waals surface area contributed by atoms with Crippen LogP contribution in [0.2, 0.25) is 0 Å². The maximum atomic E-state index is 13.2. The lowest BCUT2D eigenvalue weighted by Crippen LogP contribution is -2.43. The van der Waals surface area contributed by atoms with Crippen molar-refractivity contribution in [1.29, 1.82) is 0 Å². The van der Waals surface area contributed by atoms with Crippen LogP contribution in [0.25, 0.3) is 0 Å². The lowest BCUT2D eigenvalue weighted by Gasteiger charge is -2.22. The average Bonchev–Trinajstić information content (AvgIpc) is 2.77. The van der Waals surface area contributed by atoms with Gasteiger partial charge in [-0.15, -0.1) is 0 Å². The zero-order chi connectivity index (χ0) is 13.2. The molecule has 4 nitrogen and oxygen atoms in total. The number of amides is 1. The topological polar surface area (TPSA) is 46.6 Å². The Morgan fingerprint density at radius 3 is 2.67 bits per heavy atom. The van der Waals surface area contributed by atoms with Gasteiger partial charge in [0.05, 0.1) is 7.11 Å². The van der Waals surface area contributed by atoms with Crippen molar-refractivity contribution in [2.45, 2.75) is 6.42 Å². The first kappa shape index (κ1) is 12.5. The monoisotopic (exact) mass is 251 g/mol. The van der Waals surface area contributed by atoms with Gasteiger partial charge in [-0.1, -0.05) is 18.2 Å². The molecule has 1 saturated heterocycles. The number of methoxy groups -OCH3 is 1. The standard InChI is InChI=1S/C13H14FNO3/c1-18-12(17)13(9-14)7-8-15(11(13)16)10-5-3-2-4-6-10/h2-6H,7-9H2,1H3. The molecule has 0 aromatic heterocycles. The third kappa shape index (κ3) is 1.75. The molecule has 0 aliphatic carbocycles. The maximum Gasteiger partial charge on any atom is 0.324 e. The Balaban J connectivity index is 2.31. The summed E-state index contributed by atoms with van der Waals surface area (Å²) in [7, 11) is 1.16. The largest absolute Gasteiger partial charge is 0.468 e. The summed E-state index contributed by atoms with van der Waals surface area (Å²) in [5.74, 6) is -1.32. The number of para-hydroxylation sites is 1. The summed E-state index contributed by atoms with van der Waals surface area (Å²) < 4.78 is 17.7. The zero-order valence-electron chi connectivity index (χ0n) is 10.1. The van der Waals surface area contributed by atoms with Crippen LogP contribution >= 0.6 is 0 Å². The molecule has 1 aliphatic heterocycles. The molecule has 0 N–H and O–H groups in total. The summed E-state index contributed by atoms with van der Waals surface area (Å²) in [6.45, 7) is -0.705. The predicted octanol–water partition coefficient (Wildman–Crippen LogP) is 1.55. The van der Waals surface area contributed by atoms with Crippen molar-refractivity contribution >= 4 is 17.6 Å². The Kier molecular flexibility index (Phi) is 3.32. The van der Waals surface area contributed by atoms with E-state index in [1.54, 1.807) is 24.3 Å². The summed E-state index contributed by atoms with van der Waals surface area (Å²) in [5, 5.41) is 0. The number of rotatable bonds is 3. The quantitative estimate of drug-likeness (QED) is 0.605. The van der Waals surface area contributed by atoms with E-state index in [0.29, 0.717) is 12.2 Å². The van der Waals surface area contributed by atoms with Gasteiger partial charge in [-0.25, -0.2) is 4.39 Å². The fraction of sp³-hybridized carbons (Fsp3) is 0.385. The Hall–Kier alpha value is -1.91. The molecule has 0 saturated carbocycles. The van der Waals surface area contributed by atoms with Gasteiger partial charge in [-0.05, 0) is 18.6 Å². The molecule has 18 heavy (non-hydrogen) atoms. The number of benzene rings is 1. The van der Waals surface area contributed by atoms with Crippen LogP contribution in [-0.2, 0) is 14.3 Å². The number of esters is 1. The second kappa shape index (κ2) is 4.76. The van der Waals surface area contributed by atoms with Gasteiger partial charge < -0.3 is 9.64 Å². The van der Waals surface area contributed by atoms with Gasteiger partial charge in [-0.3, -0.25) is 9.59 Å². The van der Waals surface area contributed by atoms with Crippen molar-refractivity contribution in [3.8, 4) is 0 Å². The number of alkyl halides is 1. The number of carbonyl (C=O) groups excluding carboxylic acids is 2. The number of hydrogen-bond donors (Lipinski definition) is 0. The van der Waals surface area contributed by atoms with Crippen LogP contribution in [0.4, 0.5) is 10.1 Å². The van der Waals surface area contributed by atoms with Crippen LogP contribution in [0.3, 0.4) is 0 Å². The van der Waals surface area contributed by atoms with E-state index >= 15 is 0 Å². The molecule has 1 atom stereocenters. The second-order valence-electron chi connectivity index (χ2n) is 4.25. The first-order valence-electron chi connectivity index (χ1n) is 5.67. The van der Waals surface area contributed by atoms with Gasteiger partial charge in [0.1, 0.15) is 6.67 Å². The molecule has 1 aliphatic rings. The van der Waals surface area contributed by atoms with Crippen molar-refractivity contribution in [2.24, 2.45) is 5.41 Å². The molecule has 5 heteroatoms. The first-order chi connectivity index (χ1) is 8.65. The summed E-state index contributed by atoms with van der Waals surface area (Å²) in [5.41, 5.74) is -0.994. The van der Waals surface area contributed by atoms with Crippen LogP contribution in [-0.4, -0.2) is 32.2 Å². The van der Waals surface area contributed by atoms with Gasteiger partial charge in [0.2, 0.25) is 5.91 Å². The van der Waals surface area contributed by atoms with Gasteiger partial charge in [-0.2, -0.15) is 0 Å². The SMILES string of the molecule is COC(=O)C1(CF)CCN(c2ccccc2)C1=O. The number of carbonyl (C=O) groups is 2. The Labute approximate surface area is 104 Å². The van der Waals surface area contributed by atoms with E-state index in [9.17, 15) is 14.0 Å². The van der Waals surface area contributed by atoms with Gasteiger partial charge in [0.15, 0.2) is 5.41 Å². The number of halogens is 1. The van der Waals surface area contributed by atoms with Gasteiger partial charge in [0.25, 0.3) is 0 Å². The lowest BCUT2D eigenvalue weighted by molar-refractivity contribution is -0.157. The Bertz CT molecular complexity index is 463. The van der Waals surface area contributed by atoms with Crippen LogP contribution in [0.5, 0.6) is 0 Å². The van der Waals surface area contributed by atoms with Crippen LogP contribution in [0, 0.1) is 5.41 Å². The Morgan fingerprint density at radius 2 is 2.11 bits per heavy atom. The summed E-state index contributed by atoms with van der Waals surface area (Å²) >= 11 is 0. The van der Waals surface area contributed by atoms with E-state index < -0.39 is 24.0 Å². The fourth-order valence-corrected chi connectivity index (χ4v) is 2.19. The van der Waals surface area contributed by atoms with Crippen LogP contribution in [0.1, 0.15) is 6.42 Å². The van der Waals surface area contributed by atoms with E-state index in [0.717, 1.165) is 7.11 Å². The van der Waals surface area contributed by atoms with E-state index in [4.69, 9.17) is 0 Å². The van der Waals surface area contributed by atoms with Crippen molar-refractivity contribution in [1.82, 2.24) is 0 Å². The third-order valence-corrected chi connectivity index (χ3v) is 3.29. The number of ether oxygens (including phenoxy) is 1. The summed E-state index contributed by atoms with van der Waals surface area (Å²) in [6.07, 6.45) is 0.143. The molecular formula is C13H14FNO3. The smallest absolute Gasteiger partial charge is 0.324 e. The maximum absolute atomic E-state index is 13.2. The predicted molar refractivity (Wildman–Crippen MR) is 63.8 cm³/mol. The van der Waals surface area contributed by atoms with E-state index in [1.807, 2.05) is 6.07 Å². The average molecular weight is 251 g/mol. The lowest BCUT2D eigenvalue weighted by atomic mass is 9.88. The van der Waals surface area contributed by atoms with Crippen molar-refractivity contribution in [3.63, 3.8) is 0 Å². The molecule has 1 aromatic carbocycles. The molecule has 96 valence electrons. The molecule has 1 amide bonds. The van der Waals surface area contributed by atoms with Crippen molar-refractivity contribution in [2.75, 3.05) is 25.2 Å². The molecule has 0 bridgehead atoms. The molecule has 0 radical (unpaired) electrons. The summed E-state index contributed by atoms with van der Waals surface area (Å²) in [4.78, 5) is 25.3. The molecule has 1 heterocycles. The number of hydrogen-bond acceptors (Lipinski definition) is 3. The molecule has 1 unspecified atom stereocenters. The van der Waals surface area contributed by atoms with Crippen molar-refractivity contribution < 1.29 is 18.7 Å². The molecule has 1 fully saturated rings. The molecular weight excluding hydrogens is 237 g/mol. The molecule has 2 rings (SSSR count). The number of nitrogens with zero attached hydrogens (tertiary/aromatic N) is 1. The van der Waals surface area contributed by atoms with Gasteiger partial charge >= 0.3 is 5.97 Å². The second-order valence-corrected chi connectivity index (χ2v) is 4.25. The van der Waals surface area contributed by atoms with E-state index in [2.05, 4.69) is 4.74 Å². The van der Waals surface area contributed by atoms with Gasteiger partial charge in [0, 0.05) is 12.2 Å². The minimum Gasteiger partial charge on any atom is -0.468 e. The highest BCUT2D eigenvalue weighted by Gasteiger charge is 2.54. The fourth-order valence-electron chi connectivity index (χ4n) is 2.19. The van der Waals surface area contributed by atoms with E-state index in [-0.39, 0.29) is 6.42 Å². The van der Waals surface area contributed by atoms with Crippen LogP contribution < -0.4 is 4.90 Å². The zero-order valence-corrected chi connectivity index (χ0v) is 10.1. The first-order valence-corrected chi connectivity index (χ1v) is 5.67. The van der Waals surface area contributed by atoms with E-state index in [1.165, 1.54) is 4.90 Å². The molecule has 0 spiro atoms. The Morgan fingerprint density at radius 1 is 1.44 bits per heavy atom. The normalized spacial score (nSPS) is 23.2. The minimum atomic E-state index is -1.66. The number of anilines is 1. The highest BCUT2D eigenvalue weighted by Crippen LogP contribution is 2.36. The van der Waals surface area contributed by atoms with Crippen LogP contribution in [0.15, 0.2) is 30.3 Å². The third-order valence-electron chi connectivity index (χ3n) is 3.29. The summed E-state index contributed by atoms with van der Waals surface area (Å²) in [6, 6.07) is 8.91. The highest BCUT2D eigenvalue weighted by molar-refractivity contribution is 6.12. The highest BCUT2D eigenvalue weighted by atomic mass is 19.1. The van der Waals surface area contributed by atoms with Crippen molar-refractivity contribution in [3.05, 3.63) is 30.3 Å². The minimum absolute atomic E-state index is 0.143.